The van der Waals surface area contributed by atoms with Crippen molar-refractivity contribution in [3.63, 3.8) is 0 Å². The van der Waals surface area contributed by atoms with Crippen LogP contribution in [0.25, 0.3) is 11.1 Å². The van der Waals surface area contributed by atoms with Gasteiger partial charge in [0.15, 0.2) is 0 Å². The Kier molecular flexibility index (Phi) is 5.59. The summed E-state index contributed by atoms with van der Waals surface area (Å²) in [6.07, 6.45) is 2.52. The topological polar surface area (TPSA) is 38.1 Å². The zero-order valence-corrected chi connectivity index (χ0v) is 17.0. The van der Waals surface area contributed by atoms with Crippen molar-refractivity contribution in [2.24, 2.45) is 0 Å². The van der Waals surface area contributed by atoms with Gasteiger partial charge in [0.2, 0.25) is 0 Å². The van der Waals surface area contributed by atoms with Crippen LogP contribution in [0.1, 0.15) is 18.2 Å². The Hall–Kier alpha value is -2.29. The van der Waals surface area contributed by atoms with Crippen molar-refractivity contribution in [1.82, 2.24) is 9.78 Å². The molecule has 27 heavy (non-hydrogen) atoms. The van der Waals surface area contributed by atoms with Crippen LogP contribution in [0, 0.1) is 6.92 Å². The summed E-state index contributed by atoms with van der Waals surface area (Å²) < 4.78 is 30.9. The van der Waals surface area contributed by atoms with Crippen molar-refractivity contribution in [3.05, 3.63) is 66.0 Å². The summed E-state index contributed by atoms with van der Waals surface area (Å²) >= 11 is 2.11. The van der Waals surface area contributed by atoms with Gasteiger partial charge in [-0.2, -0.15) is 5.10 Å². The van der Waals surface area contributed by atoms with Gasteiger partial charge >= 0.3 is 0 Å². The lowest BCUT2D eigenvalue weighted by Crippen LogP contribution is -2.09. The number of halogens is 3. The molecule has 0 aliphatic rings. The lowest BCUT2D eigenvalue weighted by Gasteiger charge is -2.22. The van der Waals surface area contributed by atoms with Gasteiger partial charge in [-0.05, 0) is 25.1 Å². The van der Waals surface area contributed by atoms with E-state index in [0.717, 1.165) is 35.7 Å². The summed E-state index contributed by atoms with van der Waals surface area (Å²) in [5, 5.41) is 4.27. The first-order valence-electron chi connectivity index (χ1n) is 8.32. The van der Waals surface area contributed by atoms with Gasteiger partial charge in [-0.1, -0.05) is 30.3 Å². The molecule has 3 aromatic rings. The molecule has 1 heterocycles. The average Bonchev–Trinajstić information content (AvgIpc) is 3.01. The van der Waals surface area contributed by atoms with E-state index in [9.17, 15) is 13.6 Å². The first-order valence-corrected chi connectivity index (χ1v) is 9.29. The molecule has 0 bridgehead atoms. The number of carbonyl (C=O) groups excluding carboxylic acids is 1. The van der Waals surface area contributed by atoms with E-state index in [1.807, 2.05) is 34.3 Å². The highest BCUT2D eigenvalue weighted by Crippen LogP contribution is 2.40. The molecular weight excluding hydrogens is 463 g/mol. The number of rotatable bonds is 6. The molecule has 3 rings (SSSR count). The minimum absolute atomic E-state index is 0.0332. The van der Waals surface area contributed by atoms with Crippen LogP contribution in [-0.2, 0) is 17.3 Å². The molecule has 0 saturated carbocycles. The van der Waals surface area contributed by atoms with Gasteiger partial charge < -0.3 is 4.79 Å². The number of hydrogen-bond acceptors (Lipinski definition) is 3. The lowest BCUT2D eigenvalue weighted by atomic mass is 10.0. The van der Waals surface area contributed by atoms with Crippen LogP contribution >= 0.6 is 22.9 Å². The van der Waals surface area contributed by atoms with Crippen LogP contribution in [-0.4, -0.2) is 16.1 Å². The Morgan fingerprint density at radius 3 is 2.63 bits per heavy atom. The SMILES string of the molecule is Cc1c(-c2ccccc2N(I)c2cccc(C(C)(F)F)c2)cnn1CC=O. The number of benzene rings is 2. The standard InChI is InChI=1S/C20H18F2IN3O/c1-14-18(13-24-25(14)10-11-27)17-8-3-4-9-19(17)26(23)16-7-5-6-15(12-16)20(2,21)22/h3-9,11-13H,10H2,1-2H3. The third-order valence-electron chi connectivity index (χ3n) is 4.34. The molecule has 0 spiro atoms. The van der Waals surface area contributed by atoms with Crippen molar-refractivity contribution >= 4 is 40.5 Å². The van der Waals surface area contributed by atoms with E-state index in [1.54, 1.807) is 23.0 Å². The summed E-state index contributed by atoms with van der Waals surface area (Å²) in [4.78, 5) is 10.8. The van der Waals surface area contributed by atoms with E-state index in [1.165, 1.54) is 12.1 Å². The molecule has 0 fully saturated rings. The van der Waals surface area contributed by atoms with E-state index >= 15 is 0 Å². The number of aromatic nitrogens is 2. The summed E-state index contributed by atoms with van der Waals surface area (Å²) in [7, 11) is 0. The Balaban J connectivity index is 2.05. The predicted molar refractivity (Wildman–Crippen MR) is 111 cm³/mol. The molecular formula is C20H18F2IN3O. The van der Waals surface area contributed by atoms with E-state index in [4.69, 9.17) is 0 Å². The zero-order valence-electron chi connectivity index (χ0n) is 14.9. The highest BCUT2D eigenvalue weighted by atomic mass is 127. The van der Waals surface area contributed by atoms with Gasteiger partial charge in [-0.25, -0.2) is 8.78 Å². The molecule has 2 aromatic carbocycles. The lowest BCUT2D eigenvalue weighted by molar-refractivity contribution is -0.108. The smallest absolute Gasteiger partial charge is 0.270 e. The predicted octanol–water partition coefficient (Wildman–Crippen LogP) is 5.66. The highest BCUT2D eigenvalue weighted by molar-refractivity contribution is 14.1. The van der Waals surface area contributed by atoms with Crippen LogP contribution in [0.4, 0.5) is 20.2 Å². The fraction of sp³-hybridized carbons (Fsp3) is 0.200. The monoisotopic (exact) mass is 481 g/mol. The number of para-hydroxylation sites is 1. The average molecular weight is 481 g/mol. The van der Waals surface area contributed by atoms with Gasteiger partial charge in [-0.15, -0.1) is 0 Å². The second-order valence-corrected chi connectivity index (χ2v) is 7.19. The van der Waals surface area contributed by atoms with Crippen molar-refractivity contribution in [2.75, 3.05) is 3.11 Å². The highest BCUT2D eigenvalue weighted by Gasteiger charge is 2.25. The summed E-state index contributed by atoms with van der Waals surface area (Å²) in [5.74, 6) is -2.90. The first-order chi connectivity index (χ1) is 12.8. The van der Waals surface area contributed by atoms with Gasteiger partial charge in [-0.3, -0.25) is 7.80 Å². The normalized spacial score (nSPS) is 11.4. The number of aldehydes is 1. The maximum absolute atomic E-state index is 13.7. The van der Waals surface area contributed by atoms with Crippen LogP contribution < -0.4 is 3.11 Å². The van der Waals surface area contributed by atoms with Gasteiger partial charge in [0.05, 0.1) is 47.0 Å². The molecule has 4 nitrogen and oxygen atoms in total. The number of hydrogen-bond donors (Lipinski definition) is 0. The number of alkyl halides is 2. The molecule has 0 N–H and O–H groups in total. The Bertz CT molecular complexity index is 966. The molecule has 0 radical (unpaired) electrons. The van der Waals surface area contributed by atoms with Gasteiger partial charge in [0, 0.05) is 29.3 Å². The van der Waals surface area contributed by atoms with Crippen LogP contribution in [0.3, 0.4) is 0 Å². The summed E-state index contributed by atoms with van der Waals surface area (Å²) in [5.41, 5.74) is 4.15. The Morgan fingerprint density at radius 1 is 1.19 bits per heavy atom. The number of carbonyl (C=O) groups is 1. The van der Waals surface area contributed by atoms with Crippen LogP contribution in [0.15, 0.2) is 54.7 Å². The molecule has 140 valence electrons. The second-order valence-electron chi connectivity index (χ2n) is 6.23. The molecule has 0 saturated heterocycles. The van der Waals surface area contributed by atoms with Crippen LogP contribution in [0.2, 0.25) is 0 Å². The molecule has 0 unspecified atom stereocenters. The van der Waals surface area contributed by atoms with E-state index in [2.05, 4.69) is 28.0 Å². The Morgan fingerprint density at radius 2 is 1.93 bits per heavy atom. The van der Waals surface area contributed by atoms with Gasteiger partial charge in [0.1, 0.15) is 6.29 Å². The van der Waals surface area contributed by atoms with Crippen molar-refractivity contribution < 1.29 is 13.6 Å². The maximum Gasteiger partial charge on any atom is 0.270 e. The van der Waals surface area contributed by atoms with Crippen molar-refractivity contribution in [3.8, 4) is 11.1 Å². The Labute approximate surface area is 170 Å². The minimum Gasteiger partial charge on any atom is -0.301 e. The zero-order chi connectivity index (χ0) is 19.6. The van der Waals surface area contributed by atoms with Crippen molar-refractivity contribution in [1.29, 1.82) is 0 Å². The number of anilines is 2. The molecule has 0 amide bonds. The minimum atomic E-state index is -2.90. The molecule has 0 aliphatic carbocycles. The third kappa shape index (κ3) is 4.02. The van der Waals surface area contributed by atoms with E-state index in [0.29, 0.717) is 5.69 Å². The maximum atomic E-state index is 13.7. The molecule has 1 aromatic heterocycles. The van der Waals surface area contributed by atoms with E-state index in [-0.39, 0.29) is 12.1 Å². The fourth-order valence-corrected chi connectivity index (χ4v) is 3.60. The molecule has 0 aliphatic heterocycles. The number of nitrogens with zero attached hydrogens (tertiary/aromatic N) is 3. The quantitative estimate of drug-likeness (QED) is 0.259. The van der Waals surface area contributed by atoms with Crippen molar-refractivity contribution in [2.45, 2.75) is 26.3 Å². The van der Waals surface area contributed by atoms with Gasteiger partial charge in [0.25, 0.3) is 5.92 Å². The molecule has 7 heteroatoms. The second kappa shape index (κ2) is 7.75. The largest absolute Gasteiger partial charge is 0.301 e. The van der Waals surface area contributed by atoms with E-state index < -0.39 is 5.92 Å². The third-order valence-corrected chi connectivity index (χ3v) is 5.41. The first kappa shape index (κ1) is 19.5. The molecule has 0 atom stereocenters. The van der Waals surface area contributed by atoms with Crippen LogP contribution in [0.5, 0.6) is 0 Å². The summed E-state index contributed by atoms with van der Waals surface area (Å²) in [6.45, 7) is 2.98. The fourth-order valence-electron chi connectivity index (χ4n) is 2.88. The summed E-state index contributed by atoms with van der Waals surface area (Å²) in [6, 6.07) is 14.0.